The summed E-state index contributed by atoms with van der Waals surface area (Å²) in [6.07, 6.45) is 3.14. The SMILES string of the molecule is CC.CC.CC.CCOC(=O)c1cc(-c2ccncc2)cc(S(N)(=O)=O)c1. The van der Waals surface area contributed by atoms with Gasteiger partial charge in [-0.05, 0) is 48.4 Å². The summed E-state index contributed by atoms with van der Waals surface area (Å²) in [4.78, 5) is 15.6. The molecule has 1 aromatic carbocycles. The number of aromatic nitrogens is 1. The molecule has 0 radical (unpaired) electrons. The molecule has 0 fully saturated rings. The molecule has 0 aliphatic rings. The number of sulfonamides is 1. The van der Waals surface area contributed by atoms with E-state index in [0.29, 0.717) is 5.56 Å². The first-order valence-electron chi connectivity index (χ1n) is 9.17. The molecular formula is C20H32N2O4S. The van der Waals surface area contributed by atoms with Crippen LogP contribution in [0, 0.1) is 0 Å². The zero-order chi connectivity index (χ0) is 21.5. The number of benzene rings is 1. The number of nitrogens with zero attached hydrogens (tertiary/aromatic N) is 1. The zero-order valence-corrected chi connectivity index (χ0v) is 18.1. The van der Waals surface area contributed by atoms with Gasteiger partial charge in [-0.25, -0.2) is 18.4 Å². The predicted octanol–water partition coefficient (Wildman–Crippen LogP) is 4.65. The lowest BCUT2D eigenvalue weighted by Crippen LogP contribution is -2.14. The maximum absolute atomic E-state index is 11.8. The highest BCUT2D eigenvalue weighted by molar-refractivity contribution is 7.89. The van der Waals surface area contributed by atoms with Crippen molar-refractivity contribution in [3.05, 3.63) is 48.3 Å². The number of pyridine rings is 1. The normalized spacial score (nSPS) is 9.33. The van der Waals surface area contributed by atoms with Crippen molar-refractivity contribution in [3.63, 3.8) is 0 Å². The summed E-state index contributed by atoms with van der Waals surface area (Å²) in [6.45, 7) is 13.9. The minimum Gasteiger partial charge on any atom is -0.462 e. The molecular weight excluding hydrogens is 364 g/mol. The van der Waals surface area contributed by atoms with Crippen LogP contribution in [0.3, 0.4) is 0 Å². The van der Waals surface area contributed by atoms with Gasteiger partial charge >= 0.3 is 5.97 Å². The summed E-state index contributed by atoms with van der Waals surface area (Å²) >= 11 is 0. The Bertz CT molecular complexity index is 761. The number of hydrogen-bond donors (Lipinski definition) is 1. The Morgan fingerprint density at radius 1 is 0.963 bits per heavy atom. The molecule has 0 aliphatic carbocycles. The monoisotopic (exact) mass is 396 g/mol. The average molecular weight is 397 g/mol. The molecule has 1 heterocycles. The molecule has 0 aliphatic heterocycles. The summed E-state index contributed by atoms with van der Waals surface area (Å²) in [5.74, 6) is -0.599. The molecule has 2 N–H and O–H groups in total. The first-order chi connectivity index (χ1) is 12.9. The van der Waals surface area contributed by atoms with Crippen LogP contribution in [0.4, 0.5) is 0 Å². The van der Waals surface area contributed by atoms with Gasteiger partial charge in [-0.15, -0.1) is 0 Å². The van der Waals surface area contributed by atoms with E-state index in [1.807, 2.05) is 41.5 Å². The van der Waals surface area contributed by atoms with Crippen molar-refractivity contribution in [2.24, 2.45) is 5.14 Å². The third kappa shape index (κ3) is 9.30. The fourth-order valence-electron chi connectivity index (χ4n) is 1.81. The first-order valence-corrected chi connectivity index (χ1v) is 10.7. The lowest BCUT2D eigenvalue weighted by atomic mass is 10.0. The molecule has 0 bridgehead atoms. The Morgan fingerprint density at radius 3 is 1.93 bits per heavy atom. The van der Waals surface area contributed by atoms with Crippen molar-refractivity contribution in [1.29, 1.82) is 0 Å². The molecule has 2 rings (SSSR count). The van der Waals surface area contributed by atoms with E-state index in [2.05, 4.69) is 4.98 Å². The molecule has 0 saturated heterocycles. The molecule has 7 heteroatoms. The van der Waals surface area contributed by atoms with Gasteiger partial charge in [0, 0.05) is 12.4 Å². The molecule has 0 atom stereocenters. The van der Waals surface area contributed by atoms with Crippen LogP contribution in [0.25, 0.3) is 11.1 Å². The van der Waals surface area contributed by atoms with E-state index in [1.165, 1.54) is 12.1 Å². The number of esters is 1. The van der Waals surface area contributed by atoms with Gasteiger partial charge in [0.2, 0.25) is 10.0 Å². The van der Waals surface area contributed by atoms with Crippen molar-refractivity contribution in [2.75, 3.05) is 6.61 Å². The third-order valence-corrected chi connectivity index (χ3v) is 3.65. The number of carbonyl (C=O) groups is 1. The van der Waals surface area contributed by atoms with Crippen molar-refractivity contribution in [3.8, 4) is 11.1 Å². The third-order valence-electron chi connectivity index (χ3n) is 2.76. The lowest BCUT2D eigenvalue weighted by Gasteiger charge is -2.08. The largest absolute Gasteiger partial charge is 0.462 e. The minimum absolute atomic E-state index is 0.134. The Balaban J connectivity index is 0. The standard InChI is InChI=1S/C14H14N2O4S.3C2H6/c1-2-20-14(17)12-7-11(10-3-5-16-6-4-10)8-13(9-12)21(15,18)19;3*1-2/h3-9H,2H2,1H3,(H2,15,18,19);3*1-2H3. The summed E-state index contributed by atoms with van der Waals surface area (Å²) in [5, 5.41) is 5.15. The van der Waals surface area contributed by atoms with Crippen molar-refractivity contribution >= 4 is 16.0 Å². The van der Waals surface area contributed by atoms with Gasteiger partial charge in [-0.3, -0.25) is 4.98 Å². The van der Waals surface area contributed by atoms with E-state index in [1.54, 1.807) is 37.5 Å². The summed E-state index contributed by atoms with van der Waals surface area (Å²) in [7, 11) is -3.93. The van der Waals surface area contributed by atoms with E-state index in [4.69, 9.17) is 9.88 Å². The van der Waals surface area contributed by atoms with Crippen LogP contribution in [0.2, 0.25) is 0 Å². The topological polar surface area (TPSA) is 99.3 Å². The van der Waals surface area contributed by atoms with Crippen molar-refractivity contribution in [1.82, 2.24) is 4.98 Å². The maximum atomic E-state index is 11.8. The first kappa shape index (κ1) is 27.0. The number of rotatable bonds is 4. The molecule has 6 nitrogen and oxygen atoms in total. The number of carbonyl (C=O) groups excluding carboxylic acids is 1. The van der Waals surface area contributed by atoms with Crippen LogP contribution in [0.1, 0.15) is 58.8 Å². The summed E-state index contributed by atoms with van der Waals surface area (Å²) in [5.41, 5.74) is 1.41. The smallest absolute Gasteiger partial charge is 0.338 e. The van der Waals surface area contributed by atoms with Gasteiger partial charge in [-0.2, -0.15) is 0 Å². The Labute approximate surface area is 163 Å². The van der Waals surface area contributed by atoms with E-state index in [0.717, 1.165) is 5.56 Å². The van der Waals surface area contributed by atoms with Crippen molar-refractivity contribution in [2.45, 2.75) is 53.4 Å². The van der Waals surface area contributed by atoms with Crippen LogP contribution in [-0.2, 0) is 14.8 Å². The van der Waals surface area contributed by atoms with E-state index >= 15 is 0 Å². The second-order valence-electron chi connectivity index (χ2n) is 4.25. The van der Waals surface area contributed by atoms with Gasteiger partial charge < -0.3 is 4.74 Å². The van der Waals surface area contributed by atoms with Gasteiger partial charge in [0.15, 0.2) is 0 Å². The molecule has 1 aromatic heterocycles. The van der Waals surface area contributed by atoms with Crippen LogP contribution in [0.15, 0.2) is 47.6 Å². The zero-order valence-electron chi connectivity index (χ0n) is 17.3. The van der Waals surface area contributed by atoms with Crippen LogP contribution in [-0.4, -0.2) is 26.0 Å². The van der Waals surface area contributed by atoms with E-state index in [9.17, 15) is 13.2 Å². The molecule has 27 heavy (non-hydrogen) atoms. The van der Waals surface area contributed by atoms with Gasteiger partial charge in [0.05, 0.1) is 17.1 Å². The van der Waals surface area contributed by atoms with Gasteiger partial charge in [-0.1, -0.05) is 41.5 Å². The van der Waals surface area contributed by atoms with E-state index in [-0.39, 0.29) is 17.1 Å². The number of ether oxygens (including phenoxy) is 1. The van der Waals surface area contributed by atoms with Crippen molar-refractivity contribution < 1.29 is 17.9 Å². The molecule has 0 spiro atoms. The predicted molar refractivity (Wildman–Crippen MR) is 111 cm³/mol. The summed E-state index contributed by atoms with van der Waals surface area (Å²) in [6, 6.07) is 7.59. The maximum Gasteiger partial charge on any atom is 0.338 e. The molecule has 2 aromatic rings. The minimum atomic E-state index is -3.93. The highest BCUT2D eigenvalue weighted by Gasteiger charge is 2.16. The fraction of sp³-hybridized carbons (Fsp3) is 0.400. The Kier molecular flexibility index (Phi) is 14.9. The van der Waals surface area contributed by atoms with Crippen LogP contribution in [0.5, 0.6) is 0 Å². The van der Waals surface area contributed by atoms with Crippen LogP contribution < -0.4 is 5.14 Å². The summed E-state index contributed by atoms with van der Waals surface area (Å²) < 4.78 is 28.0. The number of hydrogen-bond acceptors (Lipinski definition) is 5. The molecule has 0 saturated carbocycles. The van der Waals surface area contributed by atoms with E-state index < -0.39 is 16.0 Å². The van der Waals surface area contributed by atoms with Crippen LogP contribution >= 0.6 is 0 Å². The lowest BCUT2D eigenvalue weighted by molar-refractivity contribution is 0.0526. The quantitative estimate of drug-likeness (QED) is 0.758. The second-order valence-corrected chi connectivity index (χ2v) is 5.81. The molecule has 0 unspecified atom stereocenters. The average Bonchev–Trinajstić information content (AvgIpc) is 2.72. The van der Waals surface area contributed by atoms with Gasteiger partial charge in [0.25, 0.3) is 0 Å². The van der Waals surface area contributed by atoms with Gasteiger partial charge in [0.1, 0.15) is 0 Å². The second kappa shape index (κ2) is 14.9. The Hall–Kier alpha value is -2.25. The Morgan fingerprint density at radius 2 is 1.48 bits per heavy atom. The molecule has 0 amide bonds. The highest BCUT2D eigenvalue weighted by Crippen LogP contribution is 2.24. The number of nitrogens with two attached hydrogens (primary N) is 1. The highest BCUT2D eigenvalue weighted by atomic mass is 32.2. The fourth-order valence-corrected chi connectivity index (χ4v) is 2.39. The molecule has 152 valence electrons. The number of primary sulfonamides is 1.